The minimum Gasteiger partial charge on any atom is -0.515 e. The number of hydrogen-bond donors (Lipinski definition) is 1. The van der Waals surface area contributed by atoms with Crippen LogP contribution in [0.25, 0.3) is 0 Å². The van der Waals surface area contributed by atoms with E-state index in [1.54, 1.807) is 0 Å². The second kappa shape index (κ2) is 10.0. The molecule has 6 rings (SSSR count). The van der Waals surface area contributed by atoms with E-state index in [2.05, 4.69) is 18.2 Å². The fourth-order valence-electron chi connectivity index (χ4n) is 6.48. The predicted molar refractivity (Wildman–Crippen MR) is 148 cm³/mol. The number of hydrogen-bond acceptors (Lipinski definition) is 6. The van der Waals surface area contributed by atoms with E-state index in [9.17, 15) is 14.4 Å². The summed E-state index contributed by atoms with van der Waals surface area (Å²) >= 11 is 0. The van der Waals surface area contributed by atoms with Crippen molar-refractivity contribution in [1.29, 1.82) is 0 Å². The molecule has 3 aliphatic carbocycles. The lowest BCUT2D eigenvalue weighted by molar-refractivity contribution is -0.125. The number of allylic oxidation sites excluding steroid dienone is 1. The second-order valence-corrected chi connectivity index (χ2v) is 12.0. The van der Waals surface area contributed by atoms with Crippen LogP contribution in [0.3, 0.4) is 0 Å². The number of ketones is 1. The van der Waals surface area contributed by atoms with Crippen molar-refractivity contribution in [3.05, 3.63) is 94.4 Å². The van der Waals surface area contributed by atoms with Gasteiger partial charge in [-0.15, -0.1) is 0 Å². The Labute approximate surface area is 229 Å². The van der Waals surface area contributed by atoms with Crippen LogP contribution in [0.4, 0.5) is 4.79 Å². The summed E-state index contributed by atoms with van der Waals surface area (Å²) in [5.74, 6) is 0.390. The molecular formula is C32H36N2O5. The molecule has 0 bridgehead atoms. The highest BCUT2D eigenvalue weighted by Gasteiger charge is 2.52. The Morgan fingerprint density at radius 3 is 2.10 bits per heavy atom. The van der Waals surface area contributed by atoms with Gasteiger partial charge in [-0.05, 0) is 61.8 Å². The predicted octanol–water partition coefficient (Wildman–Crippen LogP) is 5.48. The molecule has 7 nitrogen and oxygen atoms in total. The summed E-state index contributed by atoms with van der Waals surface area (Å²) in [6.07, 6.45) is 4.51. The second-order valence-electron chi connectivity index (χ2n) is 12.0. The van der Waals surface area contributed by atoms with Gasteiger partial charge in [-0.2, -0.15) is 0 Å². The van der Waals surface area contributed by atoms with Crippen molar-refractivity contribution in [2.24, 2.45) is 11.8 Å². The van der Waals surface area contributed by atoms with Crippen molar-refractivity contribution in [2.75, 3.05) is 14.1 Å². The molecule has 1 saturated heterocycles. The lowest BCUT2D eigenvalue weighted by Crippen LogP contribution is -2.39. The molecule has 1 aliphatic heterocycles. The first-order valence-electron chi connectivity index (χ1n) is 13.5. The number of rotatable bonds is 1. The molecule has 0 aromatic heterocycles. The molecule has 204 valence electrons. The zero-order chi connectivity index (χ0) is 28.1. The molecule has 0 radical (unpaired) electrons. The van der Waals surface area contributed by atoms with Gasteiger partial charge in [0, 0.05) is 49.7 Å². The highest BCUT2D eigenvalue weighted by Crippen LogP contribution is 2.50. The quantitative estimate of drug-likeness (QED) is 0.390. The Balaban J connectivity index is 0.000000175. The summed E-state index contributed by atoms with van der Waals surface area (Å²) < 4.78 is 5.49. The average Bonchev–Trinajstić information content (AvgIpc) is 3.56. The number of imide groups is 1. The summed E-state index contributed by atoms with van der Waals surface area (Å²) in [5, 5.41) is 9.08. The molecule has 0 spiro atoms. The SMILES string of the molecule is CN(C)/C=C1/C(=O)N(C(=O)OC(C)(C)C)C2c3ccccc3CC12.O=C1CC2c3ccccc3CC2/C1=C\O. The van der Waals surface area contributed by atoms with E-state index in [0.29, 0.717) is 23.5 Å². The van der Waals surface area contributed by atoms with Crippen LogP contribution < -0.4 is 0 Å². The number of ether oxygens (including phenoxy) is 1. The van der Waals surface area contributed by atoms with Gasteiger partial charge in [-0.3, -0.25) is 9.59 Å². The minimum atomic E-state index is -0.640. The van der Waals surface area contributed by atoms with Gasteiger partial charge in [0.1, 0.15) is 5.60 Å². The molecule has 1 heterocycles. The van der Waals surface area contributed by atoms with Crippen LogP contribution in [0.15, 0.2) is 72.1 Å². The first-order chi connectivity index (χ1) is 18.5. The number of Topliss-reactive ketones (excluding diaryl/α,β-unsaturated/α-hetero) is 1. The number of likely N-dealkylation sites (tertiary alicyclic amines) is 1. The van der Waals surface area contributed by atoms with Crippen molar-refractivity contribution in [3.63, 3.8) is 0 Å². The topological polar surface area (TPSA) is 87.2 Å². The zero-order valence-corrected chi connectivity index (χ0v) is 23.2. The zero-order valence-electron chi connectivity index (χ0n) is 23.2. The monoisotopic (exact) mass is 528 g/mol. The van der Waals surface area contributed by atoms with Crippen LogP contribution >= 0.6 is 0 Å². The van der Waals surface area contributed by atoms with Gasteiger partial charge in [-0.25, -0.2) is 9.69 Å². The third-order valence-corrected chi connectivity index (χ3v) is 7.97. The molecule has 4 unspecified atom stereocenters. The van der Waals surface area contributed by atoms with E-state index in [1.807, 2.05) is 76.3 Å². The molecule has 4 aliphatic rings. The molecule has 1 N–H and O–H groups in total. The lowest BCUT2D eigenvalue weighted by atomic mass is 9.95. The molecule has 1 saturated carbocycles. The molecule has 2 aromatic rings. The number of nitrogens with zero attached hydrogens (tertiary/aromatic N) is 2. The maximum absolute atomic E-state index is 12.9. The number of aliphatic hydroxyl groups excluding tert-OH is 1. The van der Waals surface area contributed by atoms with Crippen molar-refractivity contribution in [1.82, 2.24) is 9.80 Å². The van der Waals surface area contributed by atoms with E-state index in [0.717, 1.165) is 24.7 Å². The molecule has 39 heavy (non-hydrogen) atoms. The first-order valence-corrected chi connectivity index (χ1v) is 13.5. The molecule has 2 fully saturated rings. The van der Waals surface area contributed by atoms with E-state index in [4.69, 9.17) is 9.84 Å². The molecule has 4 atom stereocenters. The molecule has 2 amide bonds. The Bertz CT molecular complexity index is 1380. The van der Waals surface area contributed by atoms with Crippen molar-refractivity contribution >= 4 is 17.8 Å². The standard InChI is InChI=1S/C19H24N2O3.C13H12O2/c1-19(2,3)24-18(23)21-16-13-9-7-6-8-12(13)10-14(16)15(17(21)22)11-20(4)5;14-7-12-10-5-8-3-1-2-4-9(8)11(10)6-13(12)15/h6-9,11,14,16H,10H2,1-5H3;1-4,7,10-11,14H,5-6H2/b15-11+;12-7+. The van der Waals surface area contributed by atoms with Gasteiger partial charge in [0.2, 0.25) is 0 Å². The summed E-state index contributed by atoms with van der Waals surface area (Å²) in [4.78, 5) is 40.4. The third kappa shape index (κ3) is 4.86. The van der Waals surface area contributed by atoms with Gasteiger partial charge in [0.05, 0.1) is 12.3 Å². The van der Waals surface area contributed by atoms with Crippen LogP contribution in [-0.2, 0) is 27.2 Å². The maximum Gasteiger partial charge on any atom is 0.417 e. The van der Waals surface area contributed by atoms with E-state index in [1.165, 1.54) is 21.6 Å². The fraction of sp³-hybridized carbons (Fsp3) is 0.406. The van der Waals surface area contributed by atoms with Gasteiger partial charge in [0.15, 0.2) is 5.78 Å². The molecular weight excluding hydrogens is 492 g/mol. The average molecular weight is 529 g/mol. The highest BCUT2D eigenvalue weighted by atomic mass is 16.6. The third-order valence-electron chi connectivity index (χ3n) is 7.97. The number of amides is 2. The van der Waals surface area contributed by atoms with Gasteiger partial charge in [-0.1, -0.05) is 48.5 Å². The van der Waals surface area contributed by atoms with Crippen molar-refractivity contribution < 1.29 is 24.2 Å². The van der Waals surface area contributed by atoms with Crippen LogP contribution in [-0.4, -0.2) is 52.4 Å². The first kappa shape index (κ1) is 26.7. The van der Waals surface area contributed by atoms with Crippen LogP contribution in [0.5, 0.6) is 0 Å². The van der Waals surface area contributed by atoms with Crippen LogP contribution in [0.2, 0.25) is 0 Å². The van der Waals surface area contributed by atoms with Gasteiger partial charge >= 0.3 is 6.09 Å². The maximum atomic E-state index is 12.9. The van der Waals surface area contributed by atoms with Gasteiger partial charge < -0.3 is 14.7 Å². The smallest absolute Gasteiger partial charge is 0.417 e. The van der Waals surface area contributed by atoms with E-state index >= 15 is 0 Å². The summed E-state index contributed by atoms with van der Waals surface area (Å²) in [6, 6.07) is 16.0. The summed E-state index contributed by atoms with van der Waals surface area (Å²) in [7, 11) is 3.76. The number of carbonyl (C=O) groups excluding carboxylic acids is 3. The largest absolute Gasteiger partial charge is 0.515 e. The number of aliphatic hydroxyl groups is 1. The van der Waals surface area contributed by atoms with Gasteiger partial charge in [0.25, 0.3) is 5.91 Å². The Hall–Kier alpha value is -3.87. The van der Waals surface area contributed by atoms with Crippen LogP contribution in [0.1, 0.15) is 61.4 Å². The van der Waals surface area contributed by atoms with E-state index in [-0.39, 0.29) is 29.6 Å². The minimum absolute atomic E-state index is 0.00943. The Morgan fingerprint density at radius 1 is 0.897 bits per heavy atom. The van der Waals surface area contributed by atoms with Crippen molar-refractivity contribution in [3.8, 4) is 0 Å². The molecule has 7 heteroatoms. The molecule has 2 aromatic carbocycles. The lowest BCUT2D eigenvalue weighted by Gasteiger charge is -2.27. The van der Waals surface area contributed by atoms with Crippen LogP contribution in [0, 0.1) is 11.8 Å². The van der Waals surface area contributed by atoms with E-state index < -0.39 is 11.7 Å². The summed E-state index contributed by atoms with van der Waals surface area (Å²) in [6.45, 7) is 5.42. The normalized spacial score (nSPS) is 26.6. The number of fused-ring (bicyclic) bond motifs is 6. The fourth-order valence-corrected chi connectivity index (χ4v) is 6.48. The summed E-state index contributed by atoms with van der Waals surface area (Å²) in [5.41, 5.74) is 5.52. The number of benzene rings is 2. The van der Waals surface area contributed by atoms with Crippen molar-refractivity contribution in [2.45, 2.75) is 57.6 Å². The Kier molecular flexibility index (Phi) is 6.87. The Morgan fingerprint density at radius 2 is 1.49 bits per heavy atom. The highest BCUT2D eigenvalue weighted by molar-refractivity contribution is 6.06. The number of carbonyl (C=O) groups is 3.